The van der Waals surface area contributed by atoms with Crippen LogP contribution < -0.4 is 22.5 Å². The number of carbonyl (C=O) groups is 2. The molecule has 0 unspecified atom stereocenters. The van der Waals surface area contributed by atoms with Crippen LogP contribution in [0.15, 0.2) is 0 Å². The monoisotopic (exact) mass is 314 g/mol. The number of halogens is 4. The van der Waals surface area contributed by atoms with E-state index in [1.165, 1.54) is 0 Å². The second kappa shape index (κ2) is 5.53. The number of nitrogens with two attached hydrogens (primary N) is 3. The van der Waals surface area contributed by atoms with Crippen molar-refractivity contribution in [3.63, 3.8) is 0 Å². The fourth-order valence-corrected chi connectivity index (χ4v) is 2.24. The van der Waals surface area contributed by atoms with Crippen molar-refractivity contribution in [2.75, 3.05) is 17.6 Å². The number of alkyl halides is 4. The maximum atomic E-state index is 12.8. The molecule has 112 valence electrons. The molecule has 20 heavy (non-hydrogen) atoms. The Kier molecular flexibility index (Phi) is 4.43. The predicted octanol–water partition coefficient (Wildman–Crippen LogP) is 0.840. The van der Waals surface area contributed by atoms with Gasteiger partial charge in [0.05, 0.1) is 17.8 Å². The van der Waals surface area contributed by atoms with E-state index in [9.17, 15) is 27.2 Å². The predicted molar refractivity (Wildman–Crippen MR) is 65.2 cm³/mol. The van der Waals surface area contributed by atoms with Gasteiger partial charge in [0.25, 0.3) is 11.8 Å². The topological polar surface area (TPSA) is 124 Å². The van der Waals surface area contributed by atoms with Crippen LogP contribution in [0.4, 0.5) is 28.3 Å². The van der Waals surface area contributed by atoms with Gasteiger partial charge in [0, 0.05) is 0 Å². The van der Waals surface area contributed by atoms with Gasteiger partial charge < -0.3 is 22.5 Å². The van der Waals surface area contributed by atoms with Crippen LogP contribution in [0.5, 0.6) is 0 Å². The first-order chi connectivity index (χ1) is 9.08. The molecular weight excluding hydrogens is 304 g/mol. The molecule has 0 saturated heterocycles. The smallest absolute Gasteiger partial charge is 0.324 e. The van der Waals surface area contributed by atoms with Crippen LogP contribution in [0.25, 0.3) is 0 Å². The zero-order valence-electron chi connectivity index (χ0n) is 9.75. The third-order valence-corrected chi connectivity index (χ3v) is 3.40. The van der Waals surface area contributed by atoms with E-state index < -0.39 is 36.3 Å². The third-order valence-electron chi connectivity index (χ3n) is 2.22. The van der Waals surface area contributed by atoms with Gasteiger partial charge in [0.1, 0.15) is 9.88 Å². The molecule has 0 aromatic carbocycles. The first kappa shape index (κ1) is 16.0. The summed E-state index contributed by atoms with van der Waals surface area (Å²) in [5.41, 5.74) is 14.6. The first-order valence-corrected chi connectivity index (χ1v) is 5.81. The summed E-state index contributed by atoms with van der Waals surface area (Å²) < 4.78 is 49.6. The SMILES string of the molecule is NC(=O)c1sc(NCC(F)(F)C(F)F)c(C(N)=O)c1N. The number of nitrogen functional groups attached to an aromatic ring is 1. The number of anilines is 2. The van der Waals surface area contributed by atoms with Gasteiger partial charge in [0.2, 0.25) is 0 Å². The highest BCUT2D eigenvalue weighted by Gasteiger charge is 2.41. The molecule has 0 aliphatic carbocycles. The summed E-state index contributed by atoms with van der Waals surface area (Å²) in [4.78, 5) is 21.9. The minimum absolute atomic E-state index is 0.276. The quantitative estimate of drug-likeness (QED) is 0.581. The Balaban J connectivity index is 3.10. The maximum Gasteiger partial charge on any atom is 0.324 e. The molecule has 0 atom stereocenters. The van der Waals surface area contributed by atoms with Crippen LogP contribution in [0.1, 0.15) is 20.0 Å². The van der Waals surface area contributed by atoms with Gasteiger partial charge in [-0.15, -0.1) is 11.3 Å². The Morgan fingerprint density at radius 2 is 1.80 bits per heavy atom. The Hall–Kier alpha value is -2.04. The van der Waals surface area contributed by atoms with Gasteiger partial charge in [0.15, 0.2) is 0 Å². The second-order valence-electron chi connectivity index (χ2n) is 3.69. The molecule has 0 aliphatic rings. The highest BCUT2D eigenvalue weighted by atomic mass is 32.1. The molecule has 7 N–H and O–H groups in total. The molecule has 6 nitrogen and oxygen atoms in total. The van der Waals surface area contributed by atoms with Crippen LogP contribution >= 0.6 is 11.3 Å². The summed E-state index contributed by atoms with van der Waals surface area (Å²) in [5.74, 6) is -6.42. The highest BCUT2D eigenvalue weighted by Crippen LogP contribution is 2.36. The van der Waals surface area contributed by atoms with Crippen LogP contribution in [-0.4, -0.2) is 30.7 Å². The van der Waals surface area contributed by atoms with Crippen LogP contribution in [0, 0.1) is 0 Å². The lowest BCUT2D eigenvalue weighted by molar-refractivity contribution is -0.117. The molecular formula is C9H10F4N4O2S. The lowest BCUT2D eigenvalue weighted by Gasteiger charge is -2.16. The van der Waals surface area contributed by atoms with Gasteiger partial charge in [-0.3, -0.25) is 9.59 Å². The van der Waals surface area contributed by atoms with E-state index in [0.29, 0.717) is 11.3 Å². The zero-order chi connectivity index (χ0) is 15.7. The van der Waals surface area contributed by atoms with E-state index >= 15 is 0 Å². The average Bonchev–Trinajstić information content (AvgIpc) is 2.63. The summed E-state index contributed by atoms with van der Waals surface area (Å²) in [6.07, 6.45) is -3.89. The van der Waals surface area contributed by atoms with E-state index in [2.05, 4.69) is 0 Å². The summed E-state index contributed by atoms with van der Waals surface area (Å²) in [7, 11) is 0. The number of rotatable bonds is 6. The number of thiophene rings is 1. The summed E-state index contributed by atoms with van der Waals surface area (Å²) in [5, 5.41) is 1.62. The van der Waals surface area contributed by atoms with Crippen LogP contribution in [-0.2, 0) is 0 Å². The van der Waals surface area contributed by atoms with Gasteiger partial charge >= 0.3 is 12.3 Å². The number of hydrogen-bond acceptors (Lipinski definition) is 5. The largest absolute Gasteiger partial charge is 0.397 e. The fourth-order valence-electron chi connectivity index (χ4n) is 1.27. The average molecular weight is 314 g/mol. The lowest BCUT2D eigenvalue weighted by atomic mass is 10.2. The molecule has 0 radical (unpaired) electrons. The molecule has 0 aliphatic heterocycles. The summed E-state index contributed by atoms with van der Waals surface area (Å²) in [6.45, 7) is -1.46. The number of carbonyl (C=O) groups excluding carboxylic acids is 2. The first-order valence-electron chi connectivity index (χ1n) is 4.99. The number of amides is 2. The molecule has 2 amide bonds. The highest BCUT2D eigenvalue weighted by molar-refractivity contribution is 7.19. The minimum atomic E-state index is -4.32. The van der Waals surface area contributed by atoms with Crippen molar-refractivity contribution in [2.24, 2.45) is 11.5 Å². The molecule has 0 fully saturated rings. The molecule has 1 rings (SSSR count). The molecule has 0 spiro atoms. The standard InChI is InChI=1S/C9H10F4N4O2S/c10-8(11)9(12,13)1-17-7-2(5(15)18)3(14)4(20-7)6(16)19/h8,17H,1,14H2,(H2,15,18)(H2,16,19). The number of nitrogens with one attached hydrogen (secondary N) is 1. The van der Waals surface area contributed by atoms with Gasteiger partial charge in [-0.05, 0) is 0 Å². The van der Waals surface area contributed by atoms with Crippen molar-refractivity contribution < 1.29 is 27.2 Å². The van der Waals surface area contributed by atoms with Crippen LogP contribution in [0.2, 0.25) is 0 Å². The van der Waals surface area contributed by atoms with Crippen molar-refractivity contribution in [1.82, 2.24) is 0 Å². The Morgan fingerprint density at radius 1 is 1.25 bits per heavy atom. The van der Waals surface area contributed by atoms with E-state index in [4.69, 9.17) is 17.2 Å². The minimum Gasteiger partial charge on any atom is -0.397 e. The maximum absolute atomic E-state index is 12.8. The van der Waals surface area contributed by atoms with E-state index in [0.717, 1.165) is 0 Å². The lowest BCUT2D eigenvalue weighted by Crippen LogP contribution is -2.35. The van der Waals surface area contributed by atoms with Gasteiger partial charge in [-0.1, -0.05) is 0 Å². The number of primary amides is 2. The van der Waals surface area contributed by atoms with Crippen molar-refractivity contribution in [1.29, 1.82) is 0 Å². The molecule has 0 saturated carbocycles. The molecule has 1 aromatic heterocycles. The van der Waals surface area contributed by atoms with Gasteiger partial charge in [-0.25, -0.2) is 8.78 Å². The fraction of sp³-hybridized carbons (Fsp3) is 0.333. The molecule has 11 heteroatoms. The summed E-state index contributed by atoms with van der Waals surface area (Å²) >= 11 is 0.485. The Labute approximate surface area is 113 Å². The Bertz CT molecular complexity index is 546. The third kappa shape index (κ3) is 3.10. The molecule has 1 aromatic rings. The zero-order valence-corrected chi connectivity index (χ0v) is 10.6. The van der Waals surface area contributed by atoms with Gasteiger partial charge in [-0.2, -0.15) is 8.78 Å². The normalized spacial score (nSPS) is 11.7. The van der Waals surface area contributed by atoms with E-state index in [1.54, 1.807) is 0 Å². The van der Waals surface area contributed by atoms with Crippen molar-refractivity contribution in [2.45, 2.75) is 12.3 Å². The number of hydrogen-bond donors (Lipinski definition) is 4. The second-order valence-corrected chi connectivity index (χ2v) is 4.71. The van der Waals surface area contributed by atoms with Crippen molar-refractivity contribution >= 4 is 33.8 Å². The van der Waals surface area contributed by atoms with Crippen molar-refractivity contribution in [3.05, 3.63) is 10.4 Å². The van der Waals surface area contributed by atoms with Crippen molar-refractivity contribution in [3.8, 4) is 0 Å². The van der Waals surface area contributed by atoms with E-state index in [1.807, 2.05) is 5.32 Å². The van der Waals surface area contributed by atoms with Crippen LogP contribution in [0.3, 0.4) is 0 Å². The summed E-state index contributed by atoms with van der Waals surface area (Å²) in [6, 6.07) is 0. The molecule has 1 heterocycles. The van der Waals surface area contributed by atoms with E-state index in [-0.39, 0.29) is 15.6 Å². The molecule has 0 bridgehead atoms. The Morgan fingerprint density at radius 3 is 2.20 bits per heavy atom.